The summed E-state index contributed by atoms with van der Waals surface area (Å²) in [7, 11) is 1.73. The molecule has 0 bridgehead atoms. The summed E-state index contributed by atoms with van der Waals surface area (Å²) in [5.41, 5.74) is 2.15. The van der Waals surface area contributed by atoms with E-state index < -0.39 is 0 Å². The van der Waals surface area contributed by atoms with E-state index in [9.17, 15) is 4.79 Å². The molecule has 21 heavy (non-hydrogen) atoms. The van der Waals surface area contributed by atoms with Crippen molar-refractivity contribution in [1.29, 1.82) is 5.26 Å². The van der Waals surface area contributed by atoms with Gasteiger partial charge >= 0.3 is 0 Å². The summed E-state index contributed by atoms with van der Waals surface area (Å²) >= 11 is 0. The average molecular weight is 283 g/mol. The molecule has 0 spiro atoms. The van der Waals surface area contributed by atoms with E-state index in [1.807, 2.05) is 30.3 Å². The molecule has 108 valence electrons. The summed E-state index contributed by atoms with van der Waals surface area (Å²) in [6.07, 6.45) is 0. The number of anilines is 1. The van der Waals surface area contributed by atoms with Gasteiger partial charge in [0.1, 0.15) is 17.5 Å². The first kappa shape index (κ1) is 14.6. The van der Waals surface area contributed by atoms with Crippen LogP contribution in [0.3, 0.4) is 0 Å². The second-order valence-electron chi connectivity index (χ2n) is 4.66. The molecule has 0 aliphatic rings. The summed E-state index contributed by atoms with van der Waals surface area (Å²) in [5.74, 6) is 0.423. The maximum atomic E-state index is 11.8. The third kappa shape index (κ3) is 3.60. The lowest BCUT2D eigenvalue weighted by Gasteiger charge is -2.08. The number of hydrogen-bond donors (Lipinski definition) is 2. The van der Waals surface area contributed by atoms with E-state index in [1.165, 1.54) is 0 Å². The maximum absolute atomic E-state index is 11.8. The van der Waals surface area contributed by atoms with Crippen molar-refractivity contribution in [3.05, 3.63) is 47.2 Å². The van der Waals surface area contributed by atoms with Crippen LogP contribution in [0.4, 0.5) is 5.82 Å². The van der Waals surface area contributed by atoms with Crippen molar-refractivity contribution in [2.75, 3.05) is 11.9 Å². The number of carbonyl (C=O) groups is 1. The lowest BCUT2D eigenvalue weighted by Crippen LogP contribution is -2.30. The van der Waals surface area contributed by atoms with Gasteiger partial charge in [-0.05, 0) is 12.5 Å². The van der Waals surface area contributed by atoms with Crippen LogP contribution < -0.4 is 10.6 Å². The van der Waals surface area contributed by atoms with Crippen LogP contribution in [0.5, 0.6) is 0 Å². The molecule has 0 saturated carbocycles. The lowest BCUT2D eigenvalue weighted by atomic mass is 10.2. The van der Waals surface area contributed by atoms with Crippen LogP contribution in [0.2, 0.25) is 0 Å². The first-order valence-electron chi connectivity index (χ1n) is 6.60. The van der Waals surface area contributed by atoms with Gasteiger partial charge in [0.15, 0.2) is 0 Å². The monoisotopic (exact) mass is 283 g/mol. The van der Waals surface area contributed by atoms with Gasteiger partial charge in [-0.15, -0.1) is 0 Å². The molecule has 0 radical (unpaired) electrons. The molecule has 0 atom stereocenters. The Labute approximate surface area is 123 Å². The Kier molecular flexibility index (Phi) is 4.57. The van der Waals surface area contributed by atoms with Gasteiger partial charge in [0.25, 0.3) is 0 Å². The largest absolute Gasteiger partial charge is 0.360 e. The Bertz CT molecular complexity index is 669. The van der Waals surface area contributed by atoms with Gasteiger partial charge in [0.2, 0.25) is 5.91 Å². The Morgan fingerprint density at radius 3 is 2.76 bits per heavy atom. The molecule has 1 amide bonds. The number of carbonyl (C=O) groups excluding carboxylic acids is 1. The molecule has 0 saturated heterocycles. The van der Waals surface area contributed by atoms with Crippen molar-refractivity contribution in [1.82, 2.24) is 15.1 Å². The van der Waals surface area contributed by atoms with E-state index in [-0.39, 0.29) is 12.5 Å². The molecule has 6 nitrogen and oxygen atoms in total. The topological polar surface area (TPSA) is 82.7 Å². The fourth-order valence-electron chi connectivity index (χ4n) is 2.02. The third-order valence-electron chi connectivity index (χ3n) is 3.08. The Hall–Kier alpha value is -2.81. The molecule has 1 heterocycles. The normalized spacial score (nSPS) is 9.95. The first-order chi connectivity index (χ1) is 10.1. The Morgan fingerprint density at radius 1 is 1.38 bits per heavy atom. The van der Waals surface area contributed by atoms with Crippen LogP contribution in [0.25, 0.3) is 0 Å². The summed E-state index contributed by atoms with van der Waals surface area (Å²) < 4.78 is 1.57. The lowest BCUT2D eigenvalue weighted by molar-refractivity contribution is -0.119. The summed E-state index contributed by atoms with van der Waals surface area (Å²) in [6, 6.07) is 11.8. The average Bonchev–Trinajstić information content (AvgIpc) is 2.77. The standard InChI is InChI=1S/C15H17N5O/c1-11-13(8-16)15(20(2)19-11)18-10-14(21)17-9-12-6-4-3-5-7-12/h3-7,18H,9-10H2,1-2H3,(H,17,21). The van der Waals surface area contributed by atoms with Gasteiger partial charge in [-0.25, -0.2) is 0 Å². The van der Waals surface area contributed by atoms with Gasteiger partial charge in [0, 0.05) is 13.6 Å². The minimum Gasteiger partial charge on any atom is -0.360 e. The van der Waals surface area contributed by atoms with E-state index in [2.05, 4.69) is 21.8 Å². The molecular formula is C15H17N5O. The number of aryl methyl sites for hydroxylation is 2. The highest BCUT2D eigenvalue weighted by molar-refractivity contribution is 5.80. The molecular weight excluding hydrogens is 266 g/mol. The molecule has 0 fully saturated rings. The molecule has 6 heteroatoms. The zero-order chi connectivity index (χ0) is 15.2. The van der Waals surface area contributed by atoms with Crippen LogP contribution in [0.15, 0.2) is 30.3 Å². The molecule has 2 aromatic rings. The highest BCUT2D eigenvalue weighted by Gasteiger charge is 2.13. The number of benzene rings is 1. The molecule has 0 aliphatic carbocycles. The van der Waals surface area contributed by atoms with Crippen LogP contribution >= 0.6 is 0 Å². The third-order valence-corrected chi connectivity index (χ3v) is 3.08. The smallest absolute Gasteiger partial charge is 0.239 e. The number of nitrogens with one attached hydrogen (secondary N) is 2. The number of nitrogens with zero attached hydrogens (tertiary/aromatic N) is 3. The number of amides is 1. The number of aromatic nitrogens is 2. The highest BCUT2D eigenvalue weighted by Crippen LogP contribution is 2.16. The van der Waals surface area contributed by atoms with Gasteiger partial charge in [-0.1, -0.05) is 30.3 Å². The summed E-state index contributed by atoms with van der Waals surface area (Å²) in [5, 5.41) is 19.0. The Morgan fingerprint density at radius 2 is 2.10 bits per heavy atom. The van der Waals surface area contributed by atoms with Crippen LogP contribution in [0.1, 0.15) is 16.8 Å². The van der Waals surface area contributed by atoms with Crippen molar-refractivity contribution in [3.8, 4) is 6.07 Å². The first-order valence-corrected chi connectivity index (χ1v) is 6.60. The SMILES string of the molecule is Cc1nn(C)c(NCC(=O)NCc2ccccc2)c1C#N. The predicted molar refractivity (Wildman–Crippen MR) is 79.4 cm³/mol. The van der Waals surface area contributed by atoms with Crippen molar-refractivity contribution in [2.45, 2.75) is 13.5 Å². The molecule has 2 N–H and O–H groups in total. The maximum Gasteiger partial charge on any atom is 0.239 e. The molecule has 0 unspecified atom stereocenters. The van der Waals surface area contributed by atoms with Gasteiger partial charge in [0.05, 0.1) is 12.2 Å². The quantitative estimate of drug-likeness (QED) is 0.867. The van der Waals surface area contributed by atoms with Crippen molar-refractivity contribution < 1.29 is 4.79 Å². The Balaban J connectivity index is 1.89. The highest BCUT2D eigenvalue weighted by atomic mass is 16.1. The van der Waals surface area contributed by atoms with E-state index in [4.69, 9.17) is 5.26 Å². The van der Waals surface area contributed by atoms with Crippen LogP contribution in [-0.2, 0) is 18.4 Å². The second-order valence-corrected chi connectivity index (χ2v) is 4.66. The fourth-order valence-corrected chi connectivity index (χ4v) is 2.02. The van der Waals surface area contributed by atoms with E-state index in [0.717, 1.165) is 5.56 Å². The van der Waals surface area contributed by atoms with Crippen molar-refractivity contribution in [2.24, 2.45) is 7.05 Å². The van der Waals surface area contributed by atoms with Gasteiger partial charge < -0.3 is 10.6 Å². The summed E-state index contributed by atoms with van der Waals surface area (Å²) in [6.45, 7) is 2.34. The minimum absolute atomic E-state index is 0.0977. The second kappa shape index (κ2) is 6.57. The molecule has 0 aliphatic heterocycles. The number of nitriles is 1. The number of hydrogen-bond acceptors (Lipinski definition) is 4. The zero-order valence-electron chi connectivity index (χ0n) is 12.1. The van der Waals surface area contributed by atoms with Crippen LogP contribution in [0, 0.1) is 18.3 Å². The van der Waals surface area contributed by atoms with Gasteiger partial charge in [-0.2, -0.15) is 10.4 Å². The zero-order valence-corrected chi connectivity index (χ0v) is 12.1. The van der Waals surface area contributed by atoms with Gasteiger partial charge in [-0.3, -0.25) is 9.48 Å². The van der Waals surface area contributed by atoms with Crippen LogP contribution in [-0.4, -0.2) is 22.2 Å². The molecule has 1 aromatic carbocycles. The fraction of sp³-hybridized carbons (Fsp3) is 0.267. The minimum atomic E-state index is -0.137. The molecule has 2 rings (SSSR count). The number of rotatable bonds is 5. The predicted octanol–water partition coefficient (Wildman–Crippen LogP) is 1.33. The van der Waals surface area contributed by atoms with Crippen molar-refractivity contribution >= 4 is 11.7 Å². The van der Waals surface area contributed by atoms with E-state index in [1.54, 1.807) is 18.7 Å². The van der Waals surface area contributed by atoms with E-state index >= 15 is 0 Å². The van der Waals surface area contributed by atoms with E-state index in [0.29, 0.717) is 23.6 Å². The summed E-state index contributed by atoms with van der Waals surface area (Å²) in [4.78, 5) is 11.8. The molecule has 1 aromatic heterocycles. The van der Waals surface area contributed by atoms with Crippen molar-refractivity contribution in [3.63, 3.8) is 0 Å².